The number of hydrogen-bond acceptors (Lipinski definition) is 5. The van der Waals surface area contributed by atoms with E-state index in [1.54, 1.807) is 0 Å². The van der Waals surface area contributed by atoms with Gasteiger partial charge in [-0.05, 0) is 26.1 Å². The third-order valence-electron chi connectivity index (χ3n) is 3.53. The number of rotatable bonds is 4. The van der Waals surface area contributed by atoms with Gasteiger partial charge in [0.05, 0.1) is 23.7 Å². The molecule has 2 rings (SSSR count). The van der Waals surface area contributed by atoms with Crippen molar-refractivity contribution in [2.75, 3.05) is 25.1 Å². The van der Waals surface area contributed by atoms with Crippen LogP contribution in [0.2, 0.25) is 0 Å². The minimum atomic E-state index is -3.09. The predicted molar refractivity (Wildman–Crippen MR) is 73.8 cm³/mol. The average molecular weight is 284 g/mol. The molecule has 19 heavy (non-hydrogen) atoms. The van der Waals surface area contributed by atoms with Crippen LogP contribution in [-0.4, -0.2) is 60.7 Å². The molecule has 1 fully saturated rings. The highest BCUT2D eigenvalue weighted by Crippen LogP contribution is 2.17. The van der Waals surface area contributed by atoms with E-state index in [2.05, 4.69) is 4.98 Å². The van der Waals surface area contributed by atoms with Crippen LogP contribution in [0.3, 0.4) is 0 Å². The highest BCUT2D eigenvalue weighted by atomic mass is 32.2. The van der Waals surface area contributed by atoms with Crippen molar-refractivity contribution in [1.29, 1.82) is 0 Å². The number of aryl methyl sites for hydroxylation is 1. The van der Waals surface area contributed by atoms with Gasteiger partial charge in [0.2, 0.25) is 0 Å². The van der Waals surface area contributed by atoms with Gasteiger partial charge in [0.1, 0.15) is 0 Å². The monoisotopic (exact) mass is 284 g/mol. The molecule has 1 aliphatic heterocycles. The number of aliphatic hydroxyl groups is 1. The van der Waals surface area contributed by atoms with Crippen LogP contribution in [0.5, 0.6) is 0 Å². The smallest absolute Gasteiger partial charge is 0.154 e. The Morgan fingerprint density at radius 3 is 2.74 bits per heavy atom. The molecule has 0 spiro atoms. The van der Waals surface area contributed by atoms with Crippen molar-refractivity contribution in [2.45, 2.75) is 25.5 Å². The Hall–Kier alpha value is -0.980. The molecule has 2 atom stereocenters. The molecule has 0 aromatic carbocycles. The van der Waals surface area contributed by atoms with Crippen molar-refractivity contribution in [1.82, 2.24) is 9.88 Å². The first-order valence-electron chi connectivity index (χ1n) is 6.39. The van der Waals surface area contributed by atoms with Crippen LogP contribution in [-0.2, 0) is 16.3 Å². The van der Waals surface area contributed by atoms with Gasteiger partial charge in [-0.25, -0.2) is 8.42 Å². The zero-order valence-corrected chi connectivity index (χ0v) is 12.1. The average Bonchev–Trinajstić information content (AvgIpc) is 2.60. The van der Waals surface area contributed by atoms with E-state index in [1.807, 2.05) is 37.1 Å². The van der Waals surface area contributed by atoms with Crippen LogP contribution in [0.15, 0.2) is 18.2 Å². The highest BCUT2D eigenvalue weighted by molar-refractivity contribution is 7.91. The molecule has 0 saturated carbocycles. The largest absolute Gasteiger partial charge is 0.390 e. The van der Waals surface area contributed by atoms with Crippen LogP contribution in [0.1, 0.15) is 11.4 Å². The van der Waals surface area contributed by atoms with Crippen molar-refractivity contribution in [2.24, 2.45) is 0 Å². The lowest BCUT2D eigenvalue weighted by molar-refractivity contribution is 0.100. The number of aromatic nitrogens is 1. The van der Waals surface area contributed by atoms with Crippen molar-refractivity contribution >= 4 is 9.84 Å². The summed E-state index contributed by atoms with van der Waals surface area (Å²) in [5.41, 5.74) is 1.96. The number of sulfone groups is 1. The maximum atomic E-state index is 11.5. The van der Waals surface area contributed by atoms with Gasteiger partial charge in [-0.3, -0.25) is 9.88 Å². The fraction of sp³-hybridized carbons (Fsp3) is 0.615. The SMILES string of the molecule is Cc1cccc(CCN(C)[C@H]2CS(=O)(=O)C[C@@H]2O)n1. The van der Waals surface area contributed by atoms with Gasteiger partial charge >= 0.3 is 0 Å². The number of hydrogen-bond donors (Lipinski definition) is 1. The number of aliphatic hydroxyl groups excluding tert-OH is 1. The summed E-state index contributed by atoms with van der Waals surface area (Å²) in [6, 6.07) is 5.57. The molecular weight excluding hydrogens is 264 g/mol. The maximum Gasteiger partial charge on any atom is 0.154 e. The molecule has 6 heteroatoms. The standard InChI is InChI=1S/C13H20N2O3S/c1-10-4-3-5-11(14-10)6-7-15(2)12-8-19(17,18)9-13(12)16/h3-5,12-13,16H,6-9H2,1-2H3/t12-,13-/m0/s1. The lowest BCUT2D eigenvalue weighted by Crippen LogP contribution is -2.41. The molecule has 0 amide bonds. The van der Waals surface area contributed by atoms with E-state index in [1.165, 1.54) is 0 Å². The Labute approximate surface area is 114 Å². The maximum absolute atomic E-state index is 11.5. The minimum absolute atomic E-state index is 0.0475. The van der Waals surface area contributed by atoms with E-state index in [4.69, 9.17) is 0 Å². The number of pyridine rings is 1. The molecule has 2 heterocycles. The van der Waals surface area contributed by atoms with Gasteiger partial charge < -0.3 is 5.11 Å². The topological polar surface area (TPSA) is 70.5 Å². The third-order valence-corrected chi connectivity index (χ3v) is 5.23. The first kappa shape index (κ1) is 14.4. The fourth-order valence-electron chi connectivity index (χ4n) is 2.43. The minimum Gasteiger partial charge on any atom is -0.390 e. The lowest BCUT2D eigenvalue weighted by atomic mass is 10.1. The molecule has 1 aliphatic rings. The third kappa shape index (κ3) is 3.75. The van der Waals surface area contributed by atoms with Gasteiger partial charge in [0.15, 0.2) is 9.84 Å². The Balaban J connectivity index is 1.93. The molecule has 1 aromatic rings. The molecule has 0 radical (unpaired) electrons. The first-order chi connectivity index (χ1) is 8.87. The Morgan fingerprint density at radius 1 is 1.42 bits per heavy atom. The van der Waals surface area contributed by atoms with E-state index >= 15 is 0 Å². The zero-order valence-electron chi connectivity index (χ0n) is 11.3. The molecule has 1 N–H and O–H groups in total. The molecule has 0 unspecified atom stereocenters. The molecule has 106 valence electrons. The predicted octanol–water partition coefficient (Wildman–Crippen LogP) is 0.0222. The van der Waals surface area contributed by atoms with E-state index in [0.29, 0.717) is 6.54 Å². The second kappa shape index (κ2) is 5.56. The molecule has 1 aromatic heterocycles. The van der Waals surface area contributed by atoms with Gasteiger partial charge in [-0.2, -0.15) is 0 Å². The van der Waals surface area contributed by atoms with E-state index in [9.17, 15) is 13.5 Å². The van der Waals surface area contributed by atoms with Crippen molar-refractivity contribution < 1.29 is 13.5 Å². The summed E-state index contributed by atoms with van der Waals surface area (Å²) in [4.78, 5) is 6.33. The van der Waals surface area contributed by atoms with E-state index in [0.717, 1.165) is 17.8 Å². The van der Waals surface area contributed by atoms with Crippen LogP contribution in [0.4, 0.5) is 0 Å². The Bertz CT molecular complexity index is 545. The molecule has 5 nitrogen and oxygen atoms in total. The first-order valence-corrected chi connectivity index (χ1v) is 8.21. The van der Waals surface area contributed by atoms with E-state index in [-0.39, 0.29) is 17.5 Å². The molecular formula is C13H20N2O3S. The molecule has 0 aliphatic carbocycles. The fourth-order valence-corrected chi connectivity index (χ4v) is 4.30. The molecule has 1 saturated heterocycles. The number of nitrogens with zero attached hydrogens (tertiary/aromatic N) is 2. The quantitative estimate of drug-likeness (QED) is 0.844. The summed E-state index contributed by atoms with van der Waals surface area (Å²) < 4.78 is 23.0. The normalized spacial score (nSPS) is 25.9. The summed E-state index contributed by atoms with van der Waals surface area (Å²) in [7, 11) is -1.23. The second-order valence-corrected chi connectivity index (χ2v) is 7.37. The number of likely N-dealkylation sites (N-methyl/N-ethyl adjacent to an activating group) is 1. The Morgan fingerprint density at radius 2 is 2.16 bits per heavy atom. The summed E-state index contributed by atoms with van der Waals surface area (Å²) in [6.45, 7) is 2.63. The van der Waals surface area contributed by atoms with Crippen LogP contribution < -0.4 is 0 Å². The van der Waals surface area contributed by atoms with E-state index < -0.39 is 15.9 Å². The second-order valence-electron chi connectivity index (χ2n) is 5.21. The lowest BCUT2D eigenvalue weighted by Gasteiger charge is -2.25. The van der Waals surface area contributed by atoms with Crippen molar-refractivity contribution in [3.8, 4) is 0 Å². The van der Waals surface area contributed by atoms with Crippen LogP contribution in [0, 0.1) is 6.92 Å². The van der Waals surface area contributed by atoms with Crippen molar-refractivity contribution in [3.63, 3.8) is 0 Å². The summed E-state index contributed by atoms with van der Waals surface area (Å²) in [5, 5.41) is 9.80. The van der Waals surface area contributed by atoms with Gasteiger partial charge in [-0.15, -0.1) is 0 Å². The van der Waals surface area contributed by atoms with Crippen molar-refractivity contribution in [3.05, 3.63) is 29.6 Å². The molecule has 0 bridgehead atoms. The van der Waals surface area contributed by atoms with Gasteiger partial charge in [-0.1, -0.05) is 6.07 Å². The summed E-state index contributed by atoms with van der Waals surface area (Å²) in [6.07, 6.45) is -0.0259. The highest BCUT2D eigenvalue weighted by Gasteiger charge is 2.38. The summed E-state index contributed by atoms with van der Waals surface area (Å²) >= 11 is 0. The summed E-state index contributed by atoms with van der Waals surface area (Å²) in [5.74, 6) is -0.0728. The van der Waals surface area contributed by atoms with Crippen LogP contribution in [0.25, 0.3) is 0 Å². The van der Waals surface area contributed by atoms with Gasteiger partial charge in [0.25, 0.3) is 0 Å². The van der Waals surface area contributed by atoms with Crippen LogP contribution >= 0.6 is 0 Å². The Kier molecular flexibility index (Phi) is 4.23. The zero-order chi connectivity index (χ0) is 14.0. The van der Waals surface area contributed by atoms with Gasteiger partial charge in [0, 0.05) is 24.4 Å².